The van der Waals surface area contributed by atoms with Crippen LogP contribution in [0.2, 0.25) is 0 Å². The highest BCUT2D eigenvalue weighted by Gasteiger charge is 2.26. The maximum atomic E-state index is 13.3. The summed E-state index contributed by atoms with van der Waals surface area (Å²) >= 11 is 0. The summed E-state index contributed by atoms with van der Waals surface area (Å²) in [7, 11) is -0.826. The van der Waals surface area contributed by atoms with Crippen molar-refractivity contribution in [3.05, 3.63) is 83.4 Å². The van der Waals surface area contributed by atoms with Crippen LogP contribution >= 0.6 is 0 Å². The number of carbonyl (C=O) groups is 1. The van der Waals surface area contributed by atoms with Crippen LogP contribution in [0.5, 0.6) is 5.75 Å². The summed E-state index contributed by atoms with van der Waals surface area (Å²) < 4.78 is 32.9. The first-order valence-electron chi connectivity index (χ1n) is 9.34. The van der Waals surface area contributed by atoms with E-state index < -0.39 is 15.9 Å². The number of methoxy groups -OCH3 is 1. The van der Waals surface area contributed by atoms with Gasteiger partial charge in [-0.05, 0) is 67.4 Å². The van der Waals surface area contributed by atoms with E-state index >= 15 is 0 Å². The lowest BCUT2D eigenvalue weighted by molar-refractivity contribution is 0.102. The summed E-state index contributed by atoms with van der Waals surface area (Å²) in [5, 5.41) is 2.80. The molecule has 0 bridgehead atoms. The number of hydrogen-bond donors (Lipinski definition) is 1. The first-order valence-corrected chi connectivity index (χ1v) is 10.8. The van der Waals surface area contributed by atoms with Gasteiger partial charge in [-0.1, -0.05) is 24.3 Å². The van der Waals surface area contributed by atoms with E-state index in [0.29, 0.717) is 22.7 Å². The van der Waals surface area contributed by atoms with Gasteiger partial charge in [-0.25, -0.2) is 8.42 Å². The van der Waals surface area contributed by atoms with Gasteiger partial charge >= 0.3 is 0 Å². The molecule has 3 rings (SSSR count). The fourth-order valence-corrected chi connectivity index (χ4v) is 4.60. The van der Waals surface area contributed by atoms with E-state index in [1.165, 1.54) is 7.05 Å². The third kappa shape index (κ3) is 4.31. The predicted molar refractivity (Wildman–Crippen MR) is 119 cm³/mol. The highest BCUT2D eigenvalue weighted by Crippen LogP contribution is 2.28. The number of rotatable bonds is 6. The van der Waals surface area contributed by atoms with Gasteiger partial charge in [0.15, 0.2) is 0 Å². The maximum absolute atomic E-state index is 13.3. The van der Waals surface area contributed by atoms with Crippen LogP contribution in [-0.4, -0.2) is 28.5 Å². The van der Waals surface area contributed by atoms with Gasteiger partial charge in [0.2, 0.25) is 0 Å². The lowest BCUT2D eigenvalue weighted by atomic mass is 10.1. The Morgan fingerprint density at radius 1 is 0.967 bits per heavy atom. The molecule has 6 nitrogen and oxygen atoms in total. The molecule has 0 unspecified atom stereocenters. The van der Waals surface area contributed by atoms with E-state index in [9.17, 15) is 13.2 Å². The van der Waals surface area contributed by atoms with Crippen molar-refractivity contribution in [2.24, 2.45) is 0 Å². The molecule has 0 saturated carbocycles. The summed E-state index contributed by atoms with van der Waals surface area (Å²) in [5.74, 6) is 0.270. The molecule has 156 valence electrons. The molecular formula is C23H24N2O4S. The Bertz CT molecular complexity index is 1170. The molecule has 0 aliphatic carbocycles. The molecule has 0 aromatic heterocycles. The minimum atomic E-state index is -3.85. The minimum absolute atomic E-state index is 0.218. The van der Waals surface area contributed by atoms with Gasteiger partial charge in [0.05, 0.1) is 23.3 Å². The molecule has 0 aliphatic rings. The number of anilines is 2. The zero-order chi connectivity index (χ0) is 21.9. The summed E-state index contributed by atoms with van der Waals surface area (Å²) in [5.41, 5.74) is 2.62. The van der Waals surface area contributed by atoms with Crippen molar-refractivity contribution in [1.82, 2.24) is 0 Å². The first kappa shape index (κ1) is 21.4. The lowest BCUT2D eigenvalue weighted by Gasteiger charge is -2.23. The number of ether oxygens (including phenoxy) is 1. The van der Waals surface area contributed by atoms with Gasteiger partial charge in [0.1, 0.15) is 5.75 Å². The molecule has 1 amide bonds. The Kier molecular flexibility index (Phi) is 6.12. The molecule has 0 saturated heterocycles. The van der Waals surface area contributed by atoms with Gasteiger partial charge in [0, 0.05) is 12.7 Å². The van der Waals surface area contributed by atoms with Gasteiger partial charge in [0.25, 0.3) is 15.9 Å². The van der Waals surface area contributed by atoms with Crippen LogP contribution in [0.4, 0.5) is 11.4 Å². The first-order chi connectivity index (χ1) is 14.2. The topological polar surface area (TPSA) is 75.7 Å². The van der Waals surface area contributed by atoms with Crippen molar-refractivity contribution < 1.29 is 17.9 Å². The number of amides is 1. The van der Waals surface area contributed by atoms with Crippen molar-refractivity contribution in [3.8, 4) is 5.75 Å². The Morgan fingerprint density at radius 2 is 1.63 bits per heavy atom. The van der Waals surface area contributed by atoms with E-state index in [4.69, 9.17) is 4.74 Å². The lowest BCUT2D eigenvalue weighted by Crippen LogP contribution is -2.29. The number of nitrogens with zero attached hydrogens (tertiary/aromatic N) is 1. The Labute approximate surface area is 177 Å². The third-order valence-corrected chi connectivity index (χ3v) is 6.73. The van der Waals surface area contributed by atoms with Crippen molar-refractivity contribution >= 4 is 27.3 Å². The summed E-state index contributed by atoms with van der Waals surface area (Å²) in [4.78, 5) is 13.1. The molecule has 0 radical (unpaired) electrons. The van der Waals surface area contributed by atoms with Gasteiger partial charge < -0.3 is 10.1 Å². The fourth-order valence-electron chi connectivity index (χ4n) is 3.08. The van der Waals surface area contributed by atoms with Crippen molar-refractivity contribution in [1.29, 1.82) is 0 Å². The van der Waals surface area contributed by atoms with E-state index in [1.807, 2.05) is 13.0 Å². The molecule has 0 aliphatic heterocycles. The average Bonchev–Trinajstić information content (AvgIpc) is 2.75. The van der Waals surface area contributed by atoms with Crippen LogP contribution in [-0.2, 0) is 10.0 Å². The van der Waals surface area contributed by atoms with Gasteiger partial charge in [-0.2, -0.15) is 0 Å². The second kappa shape index (κ2) is 8.59. The van der Waals surface area contributed by atoms with E-state index in [0.717, 1.165) is 9.87 Å². The fraction of sp³-hybridized carbons (Fsp3) is 0.174. The van der Waals surface area contributed by atoms with Crippen LogP contribution in [0.15, 0.2) is 71.6 Å². The number of benzene rings is 3. The molecule has 0 heterocycles. The smallest absolute Gasteiger partial charge is 0.264 e. The van der Waals surface area contributed by atoms with E-state index in [2.05, 4.69) is 5.32 Å². The quantitative estimate of drug-likeness (QED) is 0.637. The molecule has 30 heavy (non-hydrogen) atoms. The highest BCUT2D eigenvalue weighted by molar-refractivity contribution is 7.92. The zero-order valence-corrected chi connectivity index (χ0v) is 18.2. The van der Waals surface area contributed by atoms with Crippen LogP contribution in [0, 0.1) is 13.8 Å². The van der Waals surface area contributed by atoms with Crippen LogP contribution < -0.4 is 14.4 Å². The van der Waals surface area contributed by atoms with Gasteiger partial charge in [-0.15, -0.1) is 0 Å². The summed E-state index contributed by atoms with van der Waals surface area (Å²) in [6.45, 7) is 3.59. The second-order valence-electron chi connectivity index (χ2n) is 6.94. The SMILES string of the molecule is COc1ccc(NC(=O)c2ccccc2N(C)S(=O)(=O)c2cc(C)ccc2C)cc1. The Hall–Kier alpha value is -3.32. The maximum Gasteiger partial charge on any atom is 0.264 e. The largest absolute Gasteiger partial charge is 0.497 e. The molecule has 1 N–H and O–H groups in total. The number of nitrogens with one attached hydrogen (secondary N) is 1. The Morgan fingerprint density at radius 3 is 2.30 bits per heavy atom. The predicted octanol–water partition coefficient (Wildman–Crippen LogP) is 4.39. The minimum Gasteiger partial charge on any atom is -0.497 e. The molecular weight excluding hydrogens is 400 g/mol. The van der Waals surface area contributed by atoms with Crippen molar-refractivity contribution in [2.45, 2.75) is 18.7 Å². The number of carbonyl (C=O) groups excluding carboxylic acids is 1. The van der Waals surface area contributed by atoms with Crippen LogP contribution in [0.1, 0.15) is 21.5 Å². The molecule has 0 fully saturated rings. The van der Waals surface area contributed by atoms with E-state index in [1.54, 1.807) is 74.7 Å². The third-order valence-electron chi connectivity index (χ3n) is 4.82. The Balaban J connectivity index is 1.95. The average molecular weight is 425 g/mol. The van der Waals surface area contributed by atoms with E-state index in [-0.39, 0.29) is 10.5 Å². The highest BCUT2D eigenvalue weighted by atomic mass is 32.2. The standard InChI is InChI=1S/C23H24N2O4S/c1-16-9-10-17(2)22(15-16)30(27,28)25(3)21-8-6-5-7-20(21)23(26)24-18-11-13-19(29-4)14-12-18/h5-15H,1-4H3,(H,24,26). The number of sulfonamides is 1. The molecule has 7 heteroatoms. The molecule has 0 spiro atoms. The summed E-state index contributed by atoms with van der Waals surface area (Å²) in [6, 6.07) is 18.8. The zero-order valence-electron chi connectivity index (χ0n) is 17.3. The second-order valence-corrected chi connectivity index (χ2v) is 8.88. The summed E-state index contributed by atoms with van der Waals surface area (Å²) in [6.07, 6.45) is 0. The van der Waals surface area contributed by atoms with Crippen LogP contribution in [0.3, 0.4) is 0 Å². The van der Waals surface area contributed by atoms with Crippen molar-refractivity contribution in [3.63, 3.8) is 0 Å². The molecule has 3 aromatic carbocycles. The number of aryl methyl sites for hydroxylation is 2. The van der Waals surface area contributed by atoms with Gasteiger partial charge in [-0.3, -0.25) is 9.10 Å². The normalized spacial score (nSPS) is 11.1. The molecule has 3 aromatic rings. The number of para-hydroxylation sites is 1. The van der Waals surface area contributed by atoms with Crippen molar-refractivity contribution in [2.75, 3.05) is 23.8 Å². The number of hydrogen-bond acceptors (Lipinski definition) is 4. The van der Waals surface area contributed by atoms with Crippen LogP contribution in [0.25, 0.3) is 0 Å². The molecule has 0 atom stereocenters. The monoisotopic (exact) mass is 424 g/mol.